The van der Waals surface area contributed by atoms with Gasteiger partial charge in [-0.1, -0.05) is 0 Å². The molecular weight excluding hydrogens is 276 g/mol. The van der Waals surface area contributed by atoms with E-state index in [9.17, 15) is 8.42 Å². The predicted octanol–water partition coefficient (Wildman–Crippen LogP) is -0.167. The lowest BCUT2D eigenvalue weighted by atomic mass is 9.99. The molecule has 1 atom stereocenters. The van der Waals surface area contributed by atoms with Crippen molar-refractivity contribution in [3.05, 3.63) is 0 Å². The van der Waals surface area contributed by atoms with E-state index in [2.05, 4.69) is 16.7 Å². The Hall–Kier alpha value is -0.210. The highest BCUT2D eigenvalue weighted by Gasteiger charge is 2.28. The summed E-state index contributed by atoms with van der Waals surface area (Å²) in [4.78, 5) is 2.27. The Kier molecular flexibility index (Phi) is 5.80. The third-order valence-corrected chi connectivity index (χ3v) is 6.10. The van der Waals surface area contributed by atoms with Crippen LogP contribution < -0.4 is 10.5 Å². The first-order valence-corrected chi connectivity index (χ1v) is 9.08. The molecule has 0 aromatic rings. The molecular formula is C13H28N4O2S. The molecule has 0 spiro atoms. The maximum atomic E-state index is 12.3. The maximum Gasteiger partial charge on any atom is 0.279 e. The van der Waals surface area contributed by atoms with Crippen LogP contribution in [0.15, 0.2) is 0 Å². The number of nitrogens with zero attached hydrogens (tertiary/aromatic N) is 2. The number of hydrogen-bond donors (Lipinski definition) is 2. The van der Waals surface area contributed by atoms with Crippen LogP contribution in [-0.4, -0.2) is 63.9 Å². The second-order valence-electron chi connectivity index (χ2n) is 6.20. The highest BCUT2D eigenvalue weighted by Crippen LogP contribution is 2.19. The average Bonchev–Trinajstić information content (AvgIpc) is 2.45. The molecule has 0 bridgehead atoms. The lowest BCUT2D eigenvalue weighted by Gasteiger charge is -2.32. The Morgan fingerprint density at radius 1 is 1.15 bits per heavy atom. The first-order valence-electron chi connectivity index (χ1n) is 7.64. The summed E-state index contributed by atoms with van der Waals surface area (Å²) < 4.78 is 28.9. The summed E-state index contributed by atoms with van der Waals surface area (Å²) in [5.41, 5.74) is 5.64. The highest BCUT2D eigenvalue weighted by atomic mass is 32.2. The summed E-state index contributed by atoms with van der Waals surface area (Å²) in [6.07, 6.45) is 4.03. The number of likely N-dealkylation sites (tertiary alicyclic amines) is 1. The summed E-state index contributed by atoms with van der Waals surface area (Å²) >= 11 is 0. The molecule has 0 radical (unpaired) electrons. The SMILES string of the molecule is CN1CCCC(CNS(=O)(=O)N2CCC(CN)CC2)C1. The third kappa shape index (κ3) is 4.39. The third-order valence-electron chi connectivity index (χ3n) is 4.52. The quantitative estimate of drug-likeness (QED) is 0.739. The number of hydrogen-bond acceptors (Lipinski definition) is 4. The molecule has 7 heteroatoms. The van der Waals surface area contributed by atoms with E-state index in [1.165, 1.54) is 0 Å². The fraction of sp³-hybridized carbons (Fsp3) is 1.00. The van der Waals surface area contributed by atoms with E-state index in [0.29, 0.717) is 38.0 Å². The van der Waals surface area contributed by atoms with Gasteiger partial charge in [-0.2, -0.15) is 12.7 Å². The van der Waals surface area contributed by atoms with Gasteiger partial charge in [0, 0.05) is 26.2 Å². The zero-order valence-corrected chi connectivity index (χ0v) is 13.2. The molecule has 0 saturated carbocycles. The molecule has 2 aliphatic rings. The molecule has 3 N–H and O–H groups in total. The van der Waals surface area contributed by atoms with Crippen molar-refractivity contribution in [2.75, 3.05) is 46.3 Å². The van der Waals surface area contributed by atoms with Crippen molar-refractivity contribution in [3.8, 4) is 0 Å². The minimum absolute atomic E-state index is 0.435. The largest absolute Gasteiger partial charge is 0.330 e. The molecule has 20 heavy (non-hydrogen) atoms. The molecule has 0 aromatic heterocycles. The standard InChI is InChI=1S/C13H28N4O2S/c1-16-6-2-3-13(11-16)10-15-20(18,19)17-7-4-12(9-14)5-8-17/h12-13,15H,2-11,14H2,1H3. The smallest absolute Gasteiger partial charge is 0.279 e. The molecule has 0 aromatic carbocycles. The van der Waals surface area contributed by atoms with E-state index in [1.807, 2.05) is 0 Å². The fourth-order valence-electron chi connectivity index (χ4n) is 3.14. The molecule has 118 valence electrons. The van der Waals surface area contributed by atoms with Gasteiger partial charge in [0.1, 0.15) is 0 Å². The van der Waals surface area contributed by atoms with E-state index in [0.717, 1.165) is 38.8 Å². The minimum atomic E-state index is -3.31. The fourth-order valence-corrected chi connectivity index (χ4v) is 4.46. The lowest BCUT2D eigenvalue weighted by Crippen LogP contribution is -2.48. The van der Waals surface area contributed by atoms with E-state index in [4.69, 9.17) is 5.73 Å². The van der Waals surface area contributed by atoms with Crippen LogP contribution in [0.5, 0.6) is 0 Å². The molecule has 2 heterocycles. The van der Waals surface area contributed by atoms with E-state index >= 15 is 0 Å². The minimum Gasteiger partial charge on any atom is -0.330 e. The van der Waals surface area contributed by atoms with E-state index in [-0.39, 0.29) is 0 Å². The summed E-state index contributed by atoms with van der Waals surface area (Å²) in [7, 11) is -1.21. The molecule has 2 fully saturated rings. The second-order valence-corrected chi connectivity index (χ2v) is 7.96. The van der Waals surface area contributed by atoms with Gasteiger partial charge in [-0.3, -0.25) is 0 Å². The van der Waals surface area contributed by atoms with Crippen molar-refractivity contribution in [3.63, 3.8) is 0 Å². The van der Waals surface area contributed by atoms with Crippen LogP contribution in [0, 0.1) is 11.8 Å². The van der Waals surface area contributed by atoms with E-state index in [1.54, 1.807) is 4.31 Å². The van der Waals surface area contributed by atoms with Crippen LogP contribution in [0.2, 0.25) is 0 Å². The normalized spacial score (nSPS) is 27.8. The zero-order chi connectivity index (χ0) is 14.6. The topological polar surface area (TPSA) is 78.7 Å². The van der Waals surface area contributed by atoms with Crippen LogP contribution in [0.4, 0.5) is 0 Å². The average molecular weight is 304 g/mol. The zero-order valence-electron chi connectivity index (χ0n) is 12.4. The summed E-state index contributed by atoms with van der Waals surface area (Å²) in [5.74, 6) is 0.915. The number of piperidine rings is 2. The van der Waals surface area contributed by atoms with Crippen molar-refractivity contribution >= 4 is 10.2 Å². The van der Waals surface area contributed by atoms with Gasteiger partial charge in [0.05, 0.1) is 0 Å². The molecule has 2 rings (SSSR count). The van der Waals surface area contributed by atoms with E-state index < -0.39 is 10.2 Å². The van der Waals surface area contributed by atoms with Gasteiger partial charge in [0.25, 0.3) is 10.2 Å². The van der Waals surface area contributed by atoms with Crippen LogP contribution in [-0.2, 0) is 10.2 Å². The van der Waals surface area contributed by atoms with Crippen molar-refractivity contribution in [1.82, 2.24) is 13.9 Å². The number of rotatable bonds is 5. The number of nitrogens with one attached hydrogen (secondary N) is 1. The van der Waals surface area contributed by atoms with Crippen LogP contribution in [0.25, 0.3) is 0 Å². The van der Waals surface area contributed by atoms with Crippen molar-refractivity contribution in [1.29, 1.82) is 0 Å². The summed E-state index contributed by atoms with van der Waals surface area (Å²) in [6.45, 7) is 4.52. The Bertz CT molecular complexity index is 393. The summed E-state index contributed by atoms with van der Waals surface area (Å²) in [6, 6.07) is 0. The Balaban J connectivity index is 1.79. The maximum absolute atomic E-state index is 12.3. The predicted molar refractivity (Wildman–Crippen MR) is 80.5 cm³/mol. The van der Waals surface area contributed by atoms with Gasteiger partial charge < -0.3 is 10.6 Å². The Labute approximate surface area is 122 Å². The first-order chi connectivity index (χ1) is 9.51. The monoisotopic (exact) mass is 304 g/mol. The molecule has 2 aliphatic heterocycles. The van der Waals surface area contributed by atoms with Gasteiger partial charge in [-0.25, -0.2) is 4.72 Å². The van der Waals surface area contributed by atoms with Crippen LogP contribution >= 0.6 is 0 Å². The Morgan fingerprint density at radius 3 is 2.45 bits per heavy atom. The molecule has 6 nitrogen and oxygen atoms in total. The molecule has 0 aliphatic carbocycles. The van der Waals surface area contributed by atoms with Crippen molar-refractivity contribution in [2.24, 2.45) is 17.6 Å². The Morgan fingerprint density at radius 2 is 1.85 bits per heavy atom. The van der Waals surface area contributed by atoms with Crippen molar-refractivity contribution in [2.45, 2.75) is 25.7 Å². The molecule has 2 saturated heterocycles. The molecule has 1 unspecified atom stereocenters. The van der Waals surface area contributed by atoms with Gasteiger partial charge in [-0.15, -0.1) is 0 Å². The van der Waals surface area contributed by atoms with Crippen LogP contribution in [0.3, 0.4) is 0 Å². The highest BCUT2D eigenvalue weighted by molar-refractivity contribution is 7.87. The second kappa shape index (κ2) is 7.17. The van der Waals surface area contributed by atoms with Gasteiger partial charge in [0.15, 0.2) is 0 Å². The van der Waals surface area contributed by atoms with Crippen LogP contribution in [0.1, 0.15) is 25.7 Å². The van der Waals surface area contributed by atoms with Gasteiger partial charge in [0.2, 0.25) is 0 Å². The first kappa shape index (κ1) is 16.2. The summed E-state index contributed by atoms with van der Waals surface area (Å²) in [5, 5.41) is 0. The van der Waals surface area contributed by atoms with Gasteiger partial charge >= 0.3 is 0 Å². The molecule has 0 amide bonds. The van der Waals surface area contributed by atoms with Gasteiger partial charge in [-0.05, 0) is 57.7 Å². The lowest BCUT2D eigenvalue weighted by molar-refractivity contribution is 0.209. The van der Waals surface area contributed by atoms with Crippen molar-refractivity contribution < 1.29 is 8.42 Å². The number of nitrogens with two attached hydrogens (primary N) is 1.